The Hall–Kier alpha value is -3.85. The summed E-state index contributed by atoms with van der Waals surface area (Å²) >= 11 is 0. The molecule has 0 spiro atoms. The van der Waals surface area contributed by atoms with Crippen LogP contribution in [0.5, 0.6) is 5.75 Å². The Labute approximate surface area is 183 Å². The van der Waals surface area contributed by atoms with Crippen LogP contribution >= 0.6 is 0 Å². The average molecular weight is 450 g/mol. The number of nitrogens with one attached hydrogen (secondary N) is 1. The van der Waals surface area contributed by atoms with E-state index in [1.807, 2.05) is 24.3 Å². The van der Waals surface area contributed by atoms with E-state index in [2.05, 4.69) is 5.32 Å². The van der Waals surface area contributed by atoms with Crippen LogP contribution in [0.4, 0.5) is 5.69 Å². The Morgan fingerprint density at radius 1 is 1.03 bits per heavy atom. The Kier molecular flexibility index (Phi) is 4.45. The Morgan fingerprint density at radius 3 is 2.50 bits per heavy atom. The number of hydrogen-bond donors (Lipinski definition) is 1. The number of rotatable bonds is 4. The number of ether oxygens (including phenoxy) is 1. The van der Waals surface area contributed by atoms with Gasteiger partial charge in [-0.3, -0.25) is 9.59 Å². The number of furan rings is 1. The molecular weight excluding hydrogens is 432 g/mol. The summed E-state index contributed by atoms with van der Waals surface area (Å²) in [5.74, 6) is -1.03. The van der Waals surface area contributed by atoms with Gasteiger partial charge in [-0.1, -0.05) is 30.3 Å². The monoisotopic (exact) mass is 450 g/mol. The first kappa shape index (κ1) is 20.1. The molecule has 3 aromatic carbocycles. The number of amides is 2. The van der Waals surface area contributed by atoms with Crippen LogP contribution in [-0.4, -0.2) is 37.7 Å². The normalized spacial score (nSPS) is 15.7. The molecule has 0 aliphatic carbocycles. The van der Waals surface area contributed by atoms with E-state index >= 15 is 0 Å². The number of carbonyl (C=O) groups excluding carboxylic acids is 2. The molecule has 0 fully saturated rings. The summed E-state index contributed by atoms with van der Waals surface area (Å²) in [7, 11) is -2.66. The van der Waals surface area contributed by atoms with Crippen molar-refractivity contribution in [1.29, 1.82) is 0 Å². The van der Waals surface area contributed by atoms with Gasteiger partial charge in [-0.05, 0) is 31.2 Å². The summed E-state index contributed by atoms with van der Waals surface area (Å²) in [6.07, 6.45) is 0. The molecule has 2 heterocycles. The van der Waals surface area contributed by atoms with E-state index in [1.54, 1.807) is 18.2 Å². The van der Waals surface area contributed by atoms with Gasteiger partial charge in [0.2, 0.25) is 5.91 Å². The Morgan fingerprint density at radius 2 is 1.75 bits per heavy atom. The van der Waals surface area contributed by atoms with Crippen molar-refractivity contribution in [3.63, 3.8) is 0 Å². The summed E-state index contributed by atoms with van der Waals surface area (Å²) in [5.41, 5.74) is 1.58. The van der Waals surface area contributed by atoms with Crippen molar-refractivity contribution in [2.75, 3.05) is 12.4 Å². The van der Waals surface area contributed by atoms with Gasteiger partial charge in [0, 0.05) is 16.8 Å². The van der Waals surface area contributed by atoms with Crippen molar-refractivity contribution in [3.05, 3.63) is 66.2 Å². The standard InChI is InChI=1S/C23H18N2O6S/c1-13(25-23(27)15-8-4-6-10-21(15)32(25,28)29)22(26)24-17-12-19-16(11-20(17)30-2)14-7-3-5-9-18(14)31-19/h3-13H,1-2H3,(H,24,26). The van der Waals surface area contributed by atoms with Crippen LogP contribution in [0.2, 0.25) is 0 Å². The number of sulfonamides is 1. The fourth-order valence-corrected chi connectivity index (χ4v) is 5.67. The van der Waals surface area contributed by atoms with Crippen molar-refractivity contribution in [3.8, 4) is 5.75 Å². The molecular formula is C23H18N2O6S. The molecule has 1 aliphatic heterocycles. The smallest absolute Gasteiger partial charge is 0.269 e. The third kappa shape index (κ3) is 2.85. The van der Waals surface area contributed by atoms with Gasteiger partial charge in [0.1, 0.15) is 27.9 Å². The maximum absolute atomic E-state index is 13.0. The first-order chi connectivity index (χ1) is 15.3. The van der Waals surface area contributed by atoms with Crippen LogP contribution in [0.3, 0.4) is 0 Å². The molecule has 9 heteroatoms. The fourth-order valence-electron chi connectivity index (χ4n) is 3.95. The molecule has 0 saturated carbocycles. The second kappa shape index (κ2) is 7.10. The summed E-state index contributed by atoms with van der Waals surface area (Å²) in [6.45, 7) is 1.36. The van der Waals surface area contributed by atoms with Gasteiger partial charge in [0.25, 0.3) is 15.9 Å². The fraction of sp³-hybridized carbons (Fsp3) is 0.130. The highest BCUT2D eigenvalue weighted by Crippen LogP contribution is 2.37. The highest BCUT2D eigenvalue weighted by molar-refractivity contribution is 7.90. The van der Waals surface area contributed by atoms with E-state index in [9.17, 15) is 18.0 Å². The lowest BCUT2D eigenvalue weighted by Gasteiger charge is -2.22. The number of methoxy groups -OCH3 is 1. The molecule has 0 radical (unpaired) electrons. The van der Waals surface area contributed by atoms with Crippen LogP contribution in [0.1, 0.15) is 17.3 Å². The van der Waals surface area contributed by atoms with E-state index in [-0.39, 0.29) is 10.5 Å². The molecule has 0 saturated heterocycles. The number of para-hydroxylation sites is 1. The molecule has 1 unspecified atom stereocenters. The number of fused-ring (bicyclic) bond motifs is 4. The molecule has 8 nitrogen and oxygen atoms in total. The average Bonchev–Trinajstić information content (AvgIpc) is 3.24. The van der Waals surface area contributed by atoms with Crippen molar-refractivity contribution in [1.82, 2.24) is 4.31 Å². The zero-order valence-corrected chi connectivity index (χ0v) is 18.0. The van der Waals surface area contributed by atoms with Crippen LogP contribution in [-0.2, 0) is 14.8 Å². The Bertz CT molecular complexity index is 1520. The minimum Gasteiger partial charge on any atom is -0.495 e. The summed E-state index contributed by atoms with van der Waals surface area (Å²) in [5, 5.41) is 4.39. The van der Waals surface area contributed by atoms with Crippen LogP contribution in [0.15, 0.2) is 70.0 Å². The molecule has 2 amide bonds. The number of nitrogens with zero attached hydrogens (tertiary/aromatic N) is 1. The Balaban J connectivity index is 1.50. The van der Waals surface area contributed by atoms with E-state index in [0.29, 0.717) is 26.9 Å². The first-order valence-electron chi connectivity index (χ1n) is 9.81. The lowest BCUT2D eigenvalue weighted by molar-refractivity contribution is -0.118. The second-order valence-electron chi connectivity index (χ2n) is 7.41. The summed E-state index contributed by atoms with van der Waals surface area (Å²) < 4.78 is 37.7. The van der Waals surface area contributed by atoms with Crippen molar-refractivity contribution in [2.45, 2.75) is 17.9 Å². The van der Waals surface area contributed by atoms with Gasteiger partial charge in [-0.2, -0.15) is 0 Å². The second-order valence-corrected chi connectivity index (χ2v) is 9.20. The highest BCUT2D eigenvalue weighted by atomic mass is 32.2. The molecule has 1 N–H and O–H groups in total. The molecule has 4 aromatic rings. The van der Waals surface area contributed by atoms with E-state index in [4.69, 9.17) is 9.15 Å². The third-order valence-electron chi connectivity index (χ3n) is 5.54. The van der Waals surface area contributed by atoms with Crippen molar-refractivity contribution >= 4 is 49.5 Å². The van der Waals surface area contributed by atoms with Gasteiger partial charge < -0.3 is 14.5 Å². The zero-order chi connectivity index (χ0) is 22.6. The summed E-state index contributed by atoms with van der Waals surface area (Å²) in [4.78, 5) is 25.6. The number of hydrogen-bond acceptors (Lipinski definition) is 6. The van der Waals surface area contributed by atoms with Crippen molar-refractivity contribution in [2.24, 2.45) is 0 Å². The minimum absolute atomic E-state index is 0.0495. The maximum atomic E-state index is 13.0. The zero-order valence-electron chi connectivity index (χ0n) is 17.2. The van der Waals surface area contributed by atoms with Gasteiger partial charge >= 0.3 is 0 Å². The molecule has 1 aromatic heterocycles. The van der Waals surface area contributed by atoms with Crippen LogP contribution in [0.25, 0.3) is 21.9 Å². The molecule has 32 heavy (non-hydrogen) atoms. The molecule has 0 bridgehead atoms. The van der Waals surface area contributed by atoms with E-state index in [0.717, 1.165) is 10.8 Å². The van der Waals surface area contributed by atoms with Crippen molar-refractivity contribution < 1.29 is 27.2 Å². The predicted molar refractivity (Wildman–Crippen MR) is 118 cm³/mol. The van der Waals surface area contributed by atoms with Gasteiger partial charge in [-0.25, -0.2) is 12.7 Å². The number of carbonyl (C=O) groups is 2. The largest absolute Gasteiger partial charge is 0.495 e. The highest BCUT2D eigenvalue weighted by Gasteiger charge is 2.45. The number of benzene rings is 3. The number of anilines is 1. The molecule has 5 rings (SSSR count). The molecule has 1 atom stereocenters. The van der Waals surface area contributed by atoms with Gasteiger partial charge in [0.05, 0.1) is 18.4 Å². The SMILES string of the molecule is COc1cc2c(cc1NC(=O)C(C)N1C(=O)c3ccccc3S1(=O)=O)oc1ccccc12. The lowest BCUT2D eigenvalue weighted by atomic mass is 10.1. The predicted octanol–water partition coefficient (Wildman–Crippen LogP) is 3.77. The maximum Gasteiger partial charge on any atom is 0.269 e. The lowest BCUT2D eigenvalue weighted by Crippen LogP contribution is -2.45. The minimum atomic E-state index is -4.13. The third-order valence-corrected chi connectivity index (χ3v) is 7.45. The first-order valence-corrected chi connectivity index (χ1v) is 11.2. The molecule has 1 aliphatic rings. The van der Waals surface area contributed by atoms with E-state index < -0.39 is 27.9 Å². The van der Waals surface area contributed by atoms with Crippen LogP contribution in [0, 0.1) is 0 Å². The topological polar surface area (TPSA) is 106 Å². The van der Waals surface area contributed by atoms with Gasteiger partial charge in [-0.15, -0.1) is 0 Å². The van der Waals surface area contributed by atoms with E-state index in [1.165, 1.54) is 32.2 Å². The molecule has 162 valence electrons. The van der Waals surface area contributed by atoms with Crippen LogP contribution < -0.4 is 10.1 Å². The van der Waals surface area contributed by atoms with Gasteiger partial charge in [0.15, 0.2) is 0 Å². The quantitative estimate of drug-likeness (QED) is 0.507. The summed E-state index contributed by atoms with van der Waals surface area (Å²) in [6, 6.07) is 15.5.